The molecule has 0 N–H and O–H groups in total. The number of benzene rings is 2. The molecule has 16 nitrogen and oxygen atoms in total. The summed E-state index contributed by atoms with van der Waals surface area (Å²) in [5.74, 6) is -4.13. The lowest BCUT2D eigenvalue weighted by molar-refractivity contribution is -0.139. The molecule has 0 aliphatic carbocycles. The number of urea groups is 2. The Hall–Kier alpha value is -7.36. The topological polar surface area (TPSA) is 174 Å². The largest absolute Gasteiger partial charge is 0.462 e. The number of barbiturate groups is 2. The lowest BCUT2D eigenvalue weighted by atomic mass is 9.83. The van der Waals surface area contributed by atoms with E-state index in [-0.39, 0.29) is 57.0 Å². The van der Waals surface area contributed by atoms with Crippen LogP contribution in [-0.2, 0) is 49.1 Å². The van der Waals surface area contributed by atoms with E-state index >= 15 is 0 Å². The van der Waals surface area contributed by atoms with E-state index in [2.05, 4.69) is 23.0 Å². The molecule has 0 saturated carbocycles. The van der Waals surface area contributed by atoms with Crippen LogP contribution in [0, 0.1) is 0 Å². The van der Waals surface area contributed by atoms with Crippen LogP contribution in [-0.4, -0.2) is 120 Å². The Morgan fingerprint density at radius 2 is 0.841 bits per heavy atom. The molecule has 16 heteroatoms. The predicted octanol–water partition coefficient (Wildman–Crippen LogP) is 7.23. The molecule has 6 rings (SSSR count). The fourth-order valence-electron chi connectivity index (χ4n) is 9.14. The summed E-state index contributed by atoms with van der Waals surface area (Å²) in [5.41, 5.74) is 4.45. The molecule has 0 spiro atoms. The smallest absolute Gasteiger partial charge is 0.333 e. The lowest BCUT2D eigenvalue weighted by Crippen LogP contribution is -2.58. The molecule has 0 unspecified atom stereocenters. The summed E-state index contributed by atoms with van der Waals surface area (Å²) in [7, 11) is 0. The quantitative estimate of drug-likeness (QED) is 0.0636. The molecule has 2 aromatic rings. The molecule has 4 aliphatic rings. The van der Waals surface area contributed by atoms with Gasteiger partial charge in [-0.3, -0.25) is 38.8 Å². The Morgan fingerprint density at radius 3 is 1.19 bits per heavy atom. The molecule has 2 aromatic carbocycles. The number of amides is 8. The van der Waals surface area contributed by atoms with Crippen molar-refractivity contribution in [3.05, 3.63) is 131 Å². The van der Waals surface area contributed by atoms with Gasteiger partial charge in [0.1, 0.15) is 11.1 Å². The number of esters is 2. The average molecular weight is 943 g/mol. The molecule has 0 radical (unpaired) electrons. The van der Waals surface area contributed by atoms with Crippen LogP contribution in [0.1, 0.15) is 85.8 Å². The van der Waals surface area contributed by atoms with Gasteiger partial charge in [0.25, 0.3) is 23.6 Å². The van der Waals surface area contributed by atoms with E-state index in [1.165, 1.54) is 12.2 Å². The summed E-state index contributed by atoms with van der Waals surface area (Å²) in [6.07, 6.45) is 7.20. The Bertz CT molecular complexity index is 2460. The number of rotatable bonds is 18. The Labute approximate surface area is 403 Å². The molecule has 2 saturated heterocycles. The number of ether oxygens (including phenoxy) is 2. The molecule has 364 valence electrons. The molecule has 4 heterocycles. The van der Waals surface area contributed by atoms with Gasteiger partial charge in [0.15, 0.2) is 0 Å². The zero-order chi connectivity index (χ0) is 50.5. The van der Waals surface area contributed by atoms with E-state index in [1.807, 2.05) is 76.2 Å². The van der Waals surface area contributed by atoms with Gasteiger partial charge in [-0.1, -0.05) is 77.3 Å². The van der Waals surface area contributed by atoms with Crippen LogP contribution in [0.3, 0.4) is 0 Å². The van der Waals surface area contributed by atoms with E-state index in [0.717, 1.165) is 53.5 Å². The van der Waals surface area contributed by atoms with Crippen LogP contribution < -0.4 is 9.80 Å². The third kappa shape index (κ3) is 9.97. The molecule has 0 atom stereocenters. The van der Waals surface area contributed by atoms with Crippen LogP contribution >= 0.6 is 0 Å². The third-order valence-electron chi connectivity index (χ3n) is 12.9. The van der Waals surface area contributed by atoms with Crippen LogP contribution in [0.25, 0.3) is 0 Å². The molecule has 69 heavy (non-hydrogen) atoms. The van der Waals surface area contributed by atoms with Crippen LogP contribution in [0.4, 0.5) is 21.0 Å². The Morgan fingerprint density at radius 1 is 0.507 bits per heavy atom. The first-order valence-electron chi connectivity index (χ1n) is 23.3. The van der Waals surface area contributed by atoms with Crippen molar-refractivity contribution in [2.45, 2.75) is 85.5 Å². The molecular formula is C53H62N6O10. The van der Waals surface area contributed by atoms with Crippen LogP contribution in [0.15, 0.2) is 120 Å². The van der Waals surface area contributed by atoms with Gasteiger partial charge >= 0.3 is 24.0 Å². The first-order valence-corrected chi connectivity index (χ1v) is 23.3. The number of imide groups is 4. The van der Waals surface area contributed by atoms with Crippen molar-refractivity contribution in [3.8, 4) is 0 Å². The van der Waals surface area contributed by atoms with Crippen LogP contribution in [0.2, 0.25) is 0 Å². The number of anilines is 2. The second-order valence-corrected chi connectivity index (χ2v) is 18.3. The minimum atomic E-state index is -0.829. The van der Waals surface area contributed by atoms with E-state index in [9.17, 15) is 38.4 Å². The normalized spacial score (nSPS) is 19.9. The minimum absolute atomic E-state index is 0.0244. The van der Waals surface area contributed by atoms with Crippen molar-refractivity contribution in [2.75, 3.05) is 62.3 Å². The monoisotopic (exact) mass is 942 g/mol. The zero-order valence-corrected chi connectivity index (χ0v) is 40.9. The fourth-order valence-corrected chi connectivity index (χ4v) is 9.14. The number of fused-ring (bicyclic) bond motifs is 2. The lowest BCUT2D eigenvalue weighted by Gasteiger charge is -2.35. The Kier molecular flexibility index (Phi) is 15.4. The van der Waals surface area contributed by atoms with Crippen molar-refractivity contribution in [1.29, 1.82) is 0 Å². The van der Waals surface area contributed by atoms with Gasteiger partial charge in [-0.15, -0.1) is 0 Å². The van der Waals surface area contributed by atoms with Crippen molar-refractivity contribution in [1.82, 2.24) is 19.6 Å². The number of carbonyl (C=O) groups is 8. The maximum atomic E-state index is 14.2. The standard InChI is InChI=1S/C53H62N6O10/c1-11-54-44(60)36(24-26-42-52(7,8)38-20-13-15-22-40(38)56(42)30-18-32-68-48(64)34(3)4)46(62)58(50(54)66)28-17-29-59-47(63)37(45(61)55(12-2)51(59)67)25-27-43-53(9,10)39-21-14-16-23-41(39)57(43)31-19-33-69-49(65)35(5)6/h13-16,20-27H,3,5,11-12,17-19,28-33H2,1-2,4,6-10H3/b36-24+,37-25+,42-26+,43-27+. The van der Waals surface area contributed by atoms with Gasteiger partial charge in [0.2, 0.25) is 0 Å². The van der Waals surface area contributed by atoms with Crippen molar-refractivity contribution in [2.24, 2.45) is 0 Å². The minimum Gasteiger partial charge on any atom is -0.462 e. The van der Waals surface area contributed by atoms with E-state index < -0.39 is 58.5 Å². The first kappa shape index (κ1) is 51.0. The number of nitrogens with zero attached hydrogens (tertiary/aromatic N) is 6. The molecule has 0 bridgehead atoms. The second kappa shape index (κ2) is 20.9. The van der Waals surface area contributed by atoms with Gasteiger partial charge in [0, 0.05) is 84.0 Å². The fraction of sp³-hybridized carbons (Fsp3) is 0.396. The summed E-state index contributed by atoms with van der Waals surface area (Å²) in [6.45, 7) is 22.5. The summed E-state index contributed by atoms with van der Waals surface area (Å²) in [4.78, 5) is 115. The SMILES string of the molecule is C=C(C)C(=O)OCCCN1/C(=C/C=C2\C(=O)N(CC)C(=O)N(CCCN3C(=O)/C(=C/C=C4/N(CCCOC(=O)C(=C)C)c5ccccc5C4(C)C)C(=O)N(CC)C3=O)C2=O)C(C)(C)c2ccccc21. The number of carbonyl (C=O) groups excluding carboxylic acids is 8. The number of hydrogen-bond donors (Lipinski definition) is 0. The maximum Gasteiger partial charge on any atom is 0.333 e. The summed E-state index contributed by atoms with van der Waals surface area (Å²) in [5, 5.41) is 0. The maximum absolute atomic E-state index is 14.2. The third-order valence-corrected chi connectivity index (χ3v) is 12.9. The van der Waals surface area contributed by atoms with Gasteiger partial charge in [-0.2, -0.15) is 0 Å². The van der Waals surface area contributed by atoms with Gasteiger partial charge in [-0.25, -0.2) is 19.2 Å². The molecule has 4 aliphatic heterocycles. The molecule has 2 fully saturated rings. The molecular weight excluding hydrogens is 881 g/mol. The zero-order valence-electron chi connectivity index (χ0n) is 40.9. The van der Waals surface area contributed by atoms with Gasteiger partial charge in [-0.05, 0) is 94.5 Å². The number of hydrogen-bond acceptors (Lipinski definition) is 12. The summed E-state index contributed by atoms with van der Waals surface area (Å²) < 4.78 is 10.7. The average Bonchev–Trinajstić information content (AvgIpc) is 3.66. The van der Waals surface area contributed by atoms with E-state index in [1.54, 1.807) is 39.8 Å². The van der Waals surface area contributed by atoms with E-state index in [0.29, 0.717) is 37.1 Å². The molecule has 8 amide bonds. The van der Waals surface area contributed by atoms with Crippen molar-refractivity contribution < 1.29 is 47.8 Å². The predicted molar refractivity (Wildman–Crippen MR) is 260 cm³/mol. The summed E-state index contributed by atoms with van der Waals surface area (Å²) >= 11 is 0. The number of allylic oxidation sites excluding steroid dienone is 6. The van der Waals surface area contributed by atoms with Gasteiger partial charge in [0.05, 0.1) is 13.2 Å². The second-order valence-electron chi connectivity index (χ2n) is 18.3. The Balaban J connectivity index is 1.23. The molecule has 0 aromatic heterocycles. The van der Waals surface area contributed by atoms with E-state index in [4.69, 9.17) is 9.47 Å². The number of para-hydroxylation sites is 2. The van der Waals surface area contributed by atoms with Crippen LogP contribution in [0.5, 0.6) is 0 Å². The highest BCUT2D eigenvalue weighted by atomic mass is 16.5. The highest BCUT2D eigenvalue weighted by molar-refractivity contribution is 6.29. The van der Waals surface area contributed by atoms with Crippen molar-refractivity contribution in [3.63, 3.8) is 0 Å². The summed E-state index contributed by atoms with van der Waals surface area (Å²) in [6, 6.07) is 14.0. The highest BCUT2D eigenvalue weighted by Gasteiger charge is 2.45. The highest BCUT2D eigenvalue weighted by Crippen LogP contribution is 2.49. The first-order chi connectivity index (χ1) is 32.7. The number of likely N-dealkylation sites (N-methyl/N-ethyl adjacent to an activating group) is 2. The van der Waals surface area contributed by atoms with Gasteiger partial charge < -0.3 is 19.3 Å². The van der Waals surface area contributed by atoms with Crippen molar-refractivity contribution >= 4 is 59.0 Å².